The fraction of sp³-hybridized carbons (Fsp3) is 0.160. The second-order valence-corrected chi connectivity index (χ2v) is 14.8. The van der Waals surface area contributed by atoms with Crippen LogP contribution in [0.4, 0.5) is 0 Å². The number of hydrogen-bond donors (Lipinski definition) is 0. The molecular formula is C50H36N2O10. The van der Waals surface area contributed by atoms with Crippen LogP contribution >= 0.6 is 0 Å². The molecule has 2 aliphatic rings. The molecule has 12 nitrogen and oxygen atoms in total. The largest absolute Gasteiger partial charge is 0.462 e. The van der Waals surface area contributed by atoms with E-state index in [0.717, 1.165) is 32.7 Å². The molecule has 12 heteroatoms. The highest BCUT2D eigenvalue weighted by Crippen LogP contribution is 2.32. The first kappa shape index (κ1) is 40.9. The Hall–Kier alpha value is -7.90. The predicted octanol–water partition coefficient (Wildman–Crippen LogP) is 8.54. The third kappa shape index (κ3) is 9.13. The summed E-state index contributed by atoms with van der Waals surface area (Å²) in [5, 5.41) is 13.0. The summed E-state index contributed by atoms with van der Waals surface area (Å²) in [6.45, 7) is 11.4. The second-order valence-electron chi connectivity index (χ2n) is 14.8. The van der Waals surface area contributed by atoms with Crippen molar-refractivity contribution < 1.29 is 47.6 Å². The van der Waals surface area contributed by atoms with Gasteiger partial charge in [-0.05, 0) is 119 Å². The van der Waals surface area contributed by atoms with Crippen LogP contribution in [-0.2, 0) is 28.5 Å². The van der Waals surface area contributed by atoms with Crippen LogP contribution in [0.15, 0.2) is 133 Å². The summed E-state index contributed by atoms with van der Waals surface area (Å²) in [5.41, 5.74) is 3.56. The van der Waals surface area contributed by atoms with Crippen LogP contribution in [0.1, 0.15) is 43.0 Å². The number of ether oxygens (including phenoxy) is 6. The lowest BCUT2D eigenvalue weighted by atomic mass is 10.0. The number of hydrogen-bond acceptors (Lipinski definition) is 11. The third-order valence-electron chi connectivity index (χ3n) is 10.4. The van der Waals surface area contributed by atoms with Crippen LogP contribution in [0, 0.1) is 31.8 Å². The number of benzene rings is 6. The molecule has 2 saturated heterocycles. The van der Waals surface area contributed by atoms with Crippen molar-refractivity contribution in [1.29, 1.82) is 5.26 Å². The minimum Gasteiger partial charge on any atom is -0.462 e. The molecule has 0 bridgehead atoms. The molecule has 62 heavy (non-hydrogen) atoms. The molecule has 0 N–H and O–H groups in total. The molecule has 0 saturated carbocycles. The fourth-order valence-corrected chi connectivity index (χ4v) is 7.13. The first-order valence-electron chi connectivity index (χ1n) is 19.5. The molecule has 0 aliphatic carbocycles. The van der Waals surface area contributed by atoms with E-state index in [1.165, 1.54) is 12.2 Å². The van der Waals surface area contributed by atoms with Gasteiger partial charge in [0.25, 0.3) is 5.70 Å². The number of fused-ring (bicyclic) bond motifs is 3. The quantitative estimate of drug-likeness (QED) is 0.0430. The Morgan fingerprint density at radius 3 is 1.52 bits per heavy atom. The fourth-order valence-electron chi connectivity index (χ4n) is 7.13. The van der Waals surface area contributed by atoms with Crippen LogP contribution in [0.2, 0.25) is 0 Å². The van der Waals surface area contributed by atoms with Gasteiger partial charge in [-0.25, -0.2) is 19.2 Å². The number of carbonyl (C=O) groups excluding carboxylic acids is 4. The SMILES string of the molecule is [C-]#[N+]/C(=C\c1ccc2cc(OC(=O)c3ccc(C)cc3)ccc2c1)C(=O)O[C@@H]1CO[C@H]2[C@@H]1OC[C@@H]2OC(=O)/C(C#N)=C/c1ccc2cc(OC(=O)c3ccc(C)cc3)ccc2c1. The average molecular weight is 825 g/mol. The van der Waals surface area contributed by atoms with Gasteiger partial charge < -0.3 is 28.4 Å². The lowest BCUT2D eigenvalue weighted by Gasteiger charge is -2.17. The van der Waals surface area contributed by atoms with Gasteiger partial charge in [0.05, 0.1) is 30.9 Å². The molecule has 0 radical (unpaired) electrons. The minimum atomic E-state index is -0.884. The maximum Gasteiger partial charge on any atom is 0.349 e. The van der Waals surface area contributed by atoms with Crippen molar-refractivity contribution in [2.24, 2.45) is 0 Å². The van der Waals surface area contributed by atoms with Crippen LogP contribution in [0.25, 0.3) is 38.5 Å². The molecule has 6 aromatic rings. The van der Waals surface area contributed by atoms with Crippen LogP contribution in [-0.4, -0.2) is 61.5 Å². The number of nitrogens with zero attached hydrogens (tertiary/aromatic N) is 2. The van der Waals surface area contributed by atoms with Gasteiger partial charge >= 0.3 is 23.9 Å². The van der Waals surface area contributed by atoms with Gasteiger partial charge in [0.1, 0.15) is 35.3 Å². The van der Waals surface area contributed by atoms with E-state index in [1.807, 2.05) is 44.2 Å². The molecule has 6 aromatic carbocycles. The highest BCUT2D eigenvalue weighted by atomic mass is 16.7. The van der Waals surface area contributed by atoms with Gasteiger partial charge in [-0.15, -0.1) is 0 Å². The molecule has 8 rings (SSSR count). The highest BCUT2D eigenvalue weighted by Gasteiger charge is 2.51. The highest BCUT2D eigenvalue weighted by molar-refractivity contribution is 5.99. The summed E-state index contributed by atoms with van der Waals surface area (Å²) >= 11 is 0. The van der Waals surface area contributed by atoms with Crippen LogP contribution in [0.3, 0.4) is 0 Å². The Morgan fingerprint density at radius 1 is 0.613 bits per heavy atom. The summed E-state index contributed by atoms with van der Waals surface area (Å²) < 4.78 is 34.2. The summed E-state index contributed by atoms with van der Waals surface area (Å²) in [6.07, 6.45) is -0.473. The molecule has 2 heterocycles. The third-order valence-corrected chi connectivity index (χ3v) is 10.4. The van der Waals surface area contributed by atoms with Gasteiger partial charge in [0, 0.05) is 0 Å². The summed E-state index contributed by atoms with van der Waals surface area (Å²) in [5.74, 6) is -1.95. The first-order chi connectivity index (χ1) is 30.0. The molecule has 2 aliphatic heterocycles. The maximum atomic E-state index is 13.2. The Labute approximate surface area is 355 Å². The van der Waals surface area contributed by atoms with Gasteiger partial charge in [-0.3, -0.25) is 4.79 Å². The first-order valence-corrected chi connectivity index (χ1v) is 19.5. The number of nitriles is 1. The summed E-state index contributed by atoms with van der Waals surface area (Å²) in [4.78, 5) is 55.0. The van der Waals surface area contributed by atoms with E-state index in [4.69, 9.17) is 35.0 Å². The standard InChI is InChI=1S/C50H36N2O10/c1-29-4-10-33(11-5-29)47(53)59-40-18-16-35-20-31(8-14-37(35)24-40)22-39(26-51)49(55)61-43-27-57-46-44(28-58-45(43)46)62-50(56)42(52-3)23-32-9-15-38-25-41(19-17-36(38)21-32)60-48(54)34-12-6-30(2)7-13-34/h4-25,43-46H,27-28H2,1-2H3/b39-22+,42-23-/t43-,44+,45+,46+/m0/s1. The molecule has 2 fully saturated rings. The Kier molecular flexibility index (Phi) is 11.7. The van der Waals surface area contributed by atoms with E-state index in [9.17, 15) is 24.4 Å². The van der Waals surface area contributed by atoms with Gasteiger partial charge in [-0.1, -0.05) is 71.8 Å². The van der Waals surface area contributed by atoms with Crippen molar-refractivity contribution in [2.75, 3.05) is 13.2 Å². The average Bonchev–Trinajstić information content (AvgIpc) is 3.87. The molecule has 0 aromatic heterocycles. The molecule has 0 unspecified atom stereocenters. The van der Waals surface area contributed by atoms with Crippen LogP contribution in [0.5, 0.6) is 11.5 Å². The number of esters is 4. The monoisotopic (exact) mass is 824 g/mol. The summed E-state index contributed by atoms with van der Waals surface area (Å²) in [7, 11) is 0. The Bertz CT molecular complexity index is 2710. The lowest BCUT2D eigenvalue weighted by molar-refractivity contribution is -0.150. The van der Waals surface area contributed by atoms with Crippen molar-refractivity contribution in [3.63, 3.8) is 0 Å². The zero-order valence-corrected chi connectivity index (χ0v) is 33.4. The van der Waals surface area contributed by atoms with E-state index in [-0.39, 0.29) is 24.5 Å². The Morgan fingerprint density at radius 2 is 1.05 bits per heavy atom. The predicted molar refractivity (Wildman–Crippen MR) is 228 cm³/mol. The number of rotatable bonds is 10. The van der Waals surface area contributed by atoms with Crippen molar-refractivity contribution in [3.8, 4) is 17.6 Å². The van der Waals surface area contributed by atoms with E-state index in [2.05, 4.69) is 4.85 Å². The van der Waals surface area contributed by atoms with Crippen molar-refractivity contribution in [3.05, 3.63) is 177 Å². The van der Waals surface area contributed by atoms with Crippen molar-refractivity contribution in [1.82, 2.24) is 0 Å². The van der Waals surface area contributed by atoms with Gasteiger partial charge in [-0.2, -0.15) is 5.26 Å². The number of aryl methyl sites for hydroxylation is 2. The van der Waals surface area contributed by atoms with E-state index in [0.29, 0.717) is 33.8 Å². The molecular weight excluding hydrogens is 789 g/mol. The number of carbonyl (C=O) groups is 4. The Balaban J connectivity index is 0.863. The zero-order valence-electron chi connectivity index (χ0n) is 33.4. The maximum absolute atomic E-state index is 13.2. The molecule has 4 atom stereocenters. The second kappa shape index (κ2) is 17.8. The summed E-state index contributed by atoms with van der Waals surface area (Å²) in [6, 6.07) is 37.0. The van der Waals surface area contributed by atoms with Gasteiger partial charge in [0.15, 0.2) is 12.2 Å². The van der Waals surface area contributed by atoms with Crippen molar-refractivity contribution in [2.45, 2.75) is 38.3 Å². The van der Waals surface area contributed by atoms with Crippen LogP contribution < -0.4 is 9.47 Å². The zero-order chi connectivity index (χ0) is 43.3. The normalized spacial score (nSPS) is 18.3. The lowest BCUT2D eigenvalue weighted by Crippen LogP contribution is -2.36. The van der Waals surface area contributed by atoms with E-state index < -0.39 is 48.3 Å². The van der Waals surface area contributed by atoms with Crippen molar-refractivity contribution >= 4 is 57.6 Å². The molecule has 0 amide bonds. The van der Waals surface area contributed by atoms with E-state index >= 15 is 0 Å². The van der Waals surface area contributed by atoms with Gasteiger partial charge in [0.2, 0.25) is 0 Å². The smallest absolute Gasteiger partial charge is 0.349 e. The topological polar surface area (TPSA) is 152 Å². The molecule has 0 spiro atoms. The van der Waals surface area contributed by atoms with E-state index in [1.54, 1.807) is 97.1 Å². The molecule has 306 valence electrons. The minimum absolute atomic E-state index is 0.0574.